The Morgan fingerprint density at radius 3 is 2.44 bits per heavy atom. The second-order valence-corrected chi connectivity index (χ2v) is 8.16. The summed E-state index contributed by atoms with van der Waals surface area (Å²) in [6, 6.07) is 11.4. The van der Waals surface area contributed by atoms with Gasteiger partial charge in [-0.25, -0.2) is 8.42 Å². The molecular weight excluding hydrogens is 360 g/mol. The number of carbonyl (C=O) groups is 1. The zero-order valence-electron chi connectivity index (χ0n) is 13.8. The van der Waals surface area contributed by atoms with Crippen LogP contribution in [0.3, 0.4) is 0 Å². The average molecular weight is 379 g/mol. The van der Waals surface area contributed by atoms with Gasteiger partial charge in [0.25, 0.3) is 10.0 Å². The SMILES string of the molecule is Cc1ccc(NS(=O)(=O)c2ccc(N3CCCCC3=O)cc2)cc1Cl. The Balaban J connectivity index is 1.80. The summed E-state index contributed by atoms with van der Waals surface area (Å²) in [7, 11) is -3.72. The number of halogens is 1. The third-order valence-corrected chi connectivity index (χ3v) is 6.01. The fraction of sp³-hybridized carbons (Fsp3) is 0.278. The van der Waals surface area contributed by atoms with Crippen molar-refractivity contribution in [3.8, 4) is 0 Å². The van der Waals surface area contributed by atoms with Gasteiger partial charge in [0, 0.05) is 23.7 Å². The predicted octanol–water partition coefficient (Wildman–Crippen LogP) is 3.97. The Labute approximate surface area is 152 Å². The highest BCUT2D eigenvalue weighted by atomic mass is 35.5. The number of amides is 1. The lowest BCUT2D eigenvalue weighted by Gasteiger charge is -2.26. The van der Waals surface area contributed by atoms with E-state index in [1.54, 1.807) is 35.2 Å². The zero-order valence-corrected chi connectivity index (χ0v) is 15.4. The van der Waals surface area contributed by atoms with Gasteiger partial charge < -0.3 is 4.90 Å². The Bertz CT molecular complexity index is 895. The first-order chi connectivity index (χ1) is 11.9. The zero-order chi connectivity index (χ0) is 18.0. The van der Waals surface area contributed by atoms with E-state index in [9.17, 15) is 13.2 Å². The van der Waals surface area contributed by atoms with Crippen molar-refractivity contribution in [3.63, 3.8) is 0 Å². The molecular formula is C18H19ClN2O3S. The van der Waals surface area contributed by atoms with Crippen LogP contribution in [-0.2, 0) is 14.8 Å². The van der Waals surface area contributed by atoms with E-state index in [4.69, 9.17) is 11.6 Å². The number of piperidine rings is 1. The molecule has 1 N–H and O–H groups in total. The van der Waals surface area contributed by atoms with Crippen LogP contribution in [-0.4, -0.2) is 20.9 Å². The number of nitrogens with one attached hydrogen (secondary N) is 1. The highest BCUT2D eigenvalue weighted by Crippen LogP contribution is 2.25. The number of hydrogen-bond acceptors (Lipinski definition) is 3. The van der Waals surface area contributed by atoms with Crippen molar-refractivity contribution in [1.82, 2.24) is 0 Å². The number of hydrogen-bond donors (Lipinski definition) is 1. The Kier molecular flexibility index (Phi) is 5.01. The molecule has 1 heterocycles. The van der Waals surface area contributed by atoms with Gasteiger partial charge in [-0.05, 0) is 61.7 Å². The van der Waals surface area contributed by atoms with E-state index in [0.29, 0.717) is 23.7 Å². The number of carbonyl (C=O) groups excluding carboxylic acids is 1. The molecule has 25 heavy (non-hydrogen) atoms. The minimum Gasteiger partial charge on any atom is -0.312 e. The molecule has 2 aromatic rings. The summed E-state index contributed by atoms with van der Waals surface area (Å²) >= 11 is 6.04. The van der Waals surface area contributed by atoms with Crippen LogP contribution in [0.2, 0.25) is 5.02 Å². The van der Waals surface area contributed by atoms with Crippen LogP contribution >= 0.6 is 11.6 Å². The molecule has 3 rings (SSSR count). The number of benzene rings is 2. The molecule has 132 valence electrons. The maximum atomic E-state index is 12.5. The van der Waals surface area contributed by atoms with Gasteiger partial charge in [-0.3, -0.25) is 9.52 Å². The van der Waals surface area contributed by atoms with Crippen LogP contribution in [0.15, 0.2) is 47.4 Å². The lowest BCUT2D eigenvalue weighted by atomic mass is 10.1. The maximum Gasteiger partial charge on any atom is 0.261 e. The van der Waals surface area contributed by atoms with Gasteiger partial charge in [-0.15, -0.1) is 0 Å². The lowest BCUT2D eigenvalue weighted by Crippen LogP contribution is -2.35. The minimum atomic E-state index is -3.72. The predicted molar refractivity (Wildman–Crippen MR) is 99.6 cm³/mol. The molecule has 1 amide bonds. The van der Waals surface area contributed by atoms with Gasteiger partial charge >= 0.3 is 0 Å². The number of anilines is 2. The normalized spacial score (nSPS) is 15.3. The number of rotatable bonds is 4. The number of sulfonamides is 1. The van der Waals surface area contributed by atoms with Crippen molar-refractivity contribution >= 4 is 38.9 Å². The average Bonchev–Trinajstić information content (AvgIpc) is 2.58. The van der Waals surface area contributed by atoms with Gasteiger partial charge in [-0.1, -0.05) is 17.7 Å². The molecule has 0 aromatic heterocycles. The van der Waals surface area contributed by atoms with Crippen LogP contribution in [0.1, 0.15) is 24.8 Å². The van der Waals surface area contributed by atoms with Crippen molar-refractivity contribution in [2.75, 3.05) is 16.2 Å². The van der Waals surface area contributed by atoms with Crippen molar-refractivity contribution in [2.24, 2.45) is 0 Å². The molecule has 2 aromatic carbocycles. The topological polar surface area (TPSA) is 66.5 Å². The quantitative estimate of drug-likeness (QED) is 0.875. The summed E-state index contributed by atoms with van der Waals surface area (Å²) < 4.78 is 27.5. The minimum absolute atomic E-state index is 0.0780. The fourth-order valence-corrected chi connectivity index (χ4v) is 3.98. The van der Waals surface area contributed by atoms with Crippen molar-refractivity contribution < 1.29 is 13.2 Å². The molecule has 0 unspecified atom stereocenters. The van der Waals surface area contributed by atoms with Crippen molar-refractivity contribution in [2.45, 2.75) is 31.1 Å². The molecule has 1 fully saturated rings. The van der Waals surface area contributed by atoms with Crippen LogP contribution in [0.5, 0.6) is 0 Å². The van der Waals surface area contributed by atoms with Crippen LogP contribution in [0.25, 0.3) is 0 Å². The summed E-state index contributed by atoms with van der Waals surface area (Å²) in [6.45, 7) is 2.52. The summed E-state index contributed by atoms with van der Waals surface area (Å²) in [4.78, 5) is 13.8. The molecule has 0 spiro atoms. The Hall–Kier alpha value is -2.05. The second-order valence-electron chi connectivity index (χ2n) is 6.07. The van der Waals surface area contributed by atoms with E-state index in [2.05, 4.69) is 4.72 Å². The molecule has 1 aliphatic rings. The molecule has 7 heteroatoms. The monoisotopic (exact) mass is 378 g/mol. The molecule has 0 aliphatic carbocycles. The van der Waals surface area contributed by atoms with E-state index in [1.807, 2.05) is 6.92 Å². The van der Waals surface area contributed by atoms with Gasteiger partial charge in [0.2, 0.25) is 5.91 Å². The number of aryl methyl sites for hydroxylation is 1. The summed E-state index contributed by atoms with van der Waals surface area (Å²) in [5.41, 5.74) is 2.01. The van der Waals surface area contributed by atoms with Crippen molar-refractivity contribution in [3.05, 3.63) is 53.1 Å². The highest BCUT2D eigenvalue weighted by Gasteiger charge is 2.21. The van der Waals surface area contributed by atoms with Crippen LogP contribution in [0, 0.1) is 6.92 Å². The molecule has 5 nitrogen and oxygen atoms in total. The van der Waals surface area contributed by atoms with Gasteiger partial charge in [0.15, 0.2) is 0 Å². The Morgan fingerprint density at radius 2 is 1.80 bits per heavy atom. The van der Waals surface area contributed by atoms with E-state index in [0.717, 1.165) is 24.1 Å². The Morgan fingerprint density at radius 1 is 1.08 bits per heavy atom. The van der Waals surface area contributed by atoms with Crippen molar-refractivity contribution in [1.29, 1.82) is 0 Å². The molecule has 1 aliphatic heterocycles. The van der Waals surface area contributed by atoms with Gasteiger partial charge in [0.05, 0.1) is 10.6 Å². The summed E-state index contributed by atoms with van der Waals surface area (Å²) in [5, 5.41) is 0.499. The molecule has 0 radical (unpaired) electrons. The molecule has 0 bridgehead atoms. The maximum absolute atomic E-state index is 12.5. The van der Waals surface area contributed by atoms with E-state index < -0.39 is 10.0 Å². The smallest absolute Gasteiger partial charge is 0.261 e. The first-order valence-electron chi connectivity index (χ1n) is 8.06. The van der Waals surface area contributed by atoms with E-state index >= 15 is 0 Å². The summed E-state index contributed by atoms with van der Waals surface area (Å²) in [5.74, 6) is 0.0780. The van der Waals surface area contributed by atoms with Gasteiger partial charge in [0.1, 0.15) is 0 Å². The lowest BCUT2D eigenvalue weighted by molar-refractivity contribution is -0.119. The molecule has 0 atom stereocenters. The van der Waals surface area contributed by atoms with Gasteiger partial charge in [-0.2, -0.15) is 0 Å². The first-order valence-corrected chi connectivity index (χ1v) is 9.92. The van der Waals surface area contributed by atoms with Crippen LogP contribution < -0.4 is 9.62 Å². The van der Waals surface area contributed by atoms with E-state index in [-0.39, 0.29) is 10.8 Å². The molecule has 1 saturated heterocycles. The third-order valence-electron chi connectivity index (χ3n) is 4.21. The third kappa shape index (κ3) is 3.96. The number of nitrogens with zero attached hydrogens (tertiary/aromatic N) is 1. The van der Waals surface area contributed by atoms with Crippen LogP contribution in [0.4, 0.5) is 11.4 Å². The standard InChI is InChI=1S/C18H19ClN2O3S/c1-13-5-6-14(12-17(13)19)20-25(23,24)16-9-7-15(8-10-16)21-11-3-2-4-18(21)22/h5-10,12,20H,2-4,11H2,1H3. The largest absolute Gasteiger partial charge is 0.312 e. The second kappa shape index (κ2) is 7.06. The fourth-order valence-electron chi connectivity index (χ4n) is 2.75. The molecule has 0 saturated carbocycles. The highest BCUT2D eigenvalue weighted by molar-refractivity contribution is 7.92. The summed E-state index contributed by atoms with van der Waals surface area (Å²) in [6.07, 6.45) is 2.40. The van der Waals surface area contributed by atoms with E-state index in [1.165, 1.54) is 12.1 Å². The first kappa shape index (κ1) is 17.8.